The van der Waals surface area contributed by atoms with Crippen molar-refractivity contribution in [2.45, 2.75) is 19.2 Å². The standard InChI is InChI=1S/C8H7Cl2F2N/c1-4-2-5(3-9)6(8(11)12)13-7(4)10/h2,8H,3H2,1H3. The SMILES string of the molecule is Cc1cc(CCl)c(C(F)F)nc1Cl. The molecule has 0 aliphatic heterocycles. The summed E-state index contributed by atoms with van der Waals surface area (Å²) < 4.78 is 24.7. The fourth-order valence-electron chi connectivity index (χ4n) is 0.957. The molecule has 0 amide bonds. The zero-order valence-corrected chi connectivity index (χ0v) is 8.33. The molecule has 1 heterocycles. The smallest absolute Gasteiger partial charge is 0.235 e. The number of aryl methyl sites for hydroxylation is 1. The number of hydrogen-bond donors (Lipinski definition) is 0. The molecule has 1 aromatic rings. The number of pyridine rings is 1. The molecule has 0 aromatic carbocycles. The van der Waals surface area contributed by atoms with Gasteiger partial charge in [0.25, 0.3) is 6.43 Å². The summed E-state index contributed by atoms with van der Waals surface area (Å²) in [6, 6.07) is 1.53. The van der Waals surface area contributed by atoms with E-state index in [1.165, 1.54) is 6.07 Å². The van der Waals surface area contributed by atoms with Gasteiger partial charge in [0.2, 0.25) is 0 Å². The van der Waals surface area contributed by atoms with Gasteiger partial charge in [-0.25, -0.2) is 13.8 Å². The Morgan fingerprint density at radius 3 is 2.62 bits per heavy atom. The van der Waals surface area contributed by atoms with E-state index in [4.69, 9.17) is 23.2 Å². The lowest BCUT2D eigenvalue weighted by Gasteiger charge is -2.07. The van der Waals surface area contributed by atoms with Crippen LogP contribution in [0.4, 0.5) is 8.78 Å². The molecule has 1 rings (SSSR count). The van der Waals surface area contributed by atoms with Crippen molar-refractivity contribution in [3.05, 3.63) is 28.0 Å². The molecule has 13 heavy (non-hydrogen) atoms. The van der Waals surface area contributed by atoms with Crippen LogP contribution in [0.15, 0.2) is 6.07 Å². The fourth-order valence-corrected chi connectivity index (χ4v) is 1.32. The maximum absolute atomic E-state index is 12.3. The highest BCUT2D eigenvalue weighted by molar-refractivity contribution is 6.30. The Morgan fingerprint density at radius 1 is 1.54 bits per heavy atom. The second-order valence-corrected chi connectivity index (χ2v) is 3.20. The summed E-state index contributed by atoms with van der Waals surface area (Å²) in [6.07, 6.45) is -2.63. The Balaban J connectivity index is 3.25. The number of nitrogens with zero attached hydrogens (tertiary/aromatic N) is 1. The van der Waals surface area contributed by atoms with Gasteiger partial charge in [0, 0.05) is 5.88 Å². The fraction of sp³-hybridized carbons (Fsp3) is 0.375. The molecule has 0 spiro atoms. The minimum atomic E-state index is -2.63. The van der Waals surface area contributed by atoms with E-state index in [0.717, 1.165) is 0 Å². The Labute approximate surface area is 84.7 Å². The van der Waals surface area contributed by atoms with Gasteiger partial charge in [-0.15, -0.1) is 11.6 Å². The molecule has 1 aromatic heterocycles. The molecule has 1 nitrogen and oxygen atoms in total. The molecule has 0 saturated carbocycles. The van der Waals surface area contributed by atoms with Crippen LogP contribution in [0.25, 0.3) is 0 Å². The maximum atomic E-state index is 12.3. The first-order chi connectivity index (χ1) is 6.06. The molecule has 5 heteroatoms. The highest BCUT2D eigenvalue weighted by Crippen LogP contribution is 2.26. The van der Waals surface area contributed by atoms with Gasteiger partial charge in [-0.2, -0.15) is 0 Å². The normalized spacial score (nSPS) is 10.9. The first-order valence-electron chi connectivity index (χ1n) is 3.56. The van der Waals surface area contributed by atoms with Gasteiger partial charge in [-0.3, -0.25) is 0 Å². The molecule has 0 unspecified atom stereocenters. The summed E-state index contributed by atoms with van der Waals surface area (Å²) >= 11 is 11.1. The lowest BCUT2D eigenvalue weighted by Crippen LogP contribution is -1.98. The molecule has 0 atom stereocenters. The van der Waals surface area contributed by atoms with Gasteiger partial charge in [-0.1, -0.05) is 11.6 Å². The van der Waals surface area contributed by atoms with Crippen LogP contribution in [0.3, 0.4) is 0 Å². The lowest BCUT2D eigenvalue weighted by atomic mass is 10.2. The Hall–Kier alpha value is -0.410. The molecule has 0 bridgehead atoms. The van der Waals surface area contributed by atoms with Crippen molar-refractivity contribution in [3.63, 3.8) is 0 Å². The van der Waals surface area contributed by atoms with E-state index >= 15 is 0 Å². The highest BCUT2D eigenvalue weighted by Gasteiger charge is 2.15. The number of alkyl halides is 3. The summed E-state index contributed by atoms with van der Waals surface area (Å²) in [5.74, 6) is 0.0185. The maximum Gasteiger partial charge on any atom is 0.280 e. The van der Waals surface area contributed by atoms with Crippen LogP contribution < -0.4 is 0 Å². The summed E-state index contributed by atoms with van der Waals surface area (Å²) in [4.78, 5) is 3.57. The van der Waals surface area contributed by atoms with Crippen LogP contribution in [0.5, 0.6) is 0 Å². The van der Waals surface area contributed by atoms with Crippen molar-refractivity contribution in [2.24, 2.45) is 0 Å². The van der Waals surface area contributed by atoms with Crippen LogP contribution in [0.2, 0.25) is 5.15 Å². The average Bonchev–Trinajstić information content (AvgIpc) is 2.08. The second kappa shape index (κ2) is 4.20. The van der Waals surface area contributed by atoms with Crippen LogP contribution in [0, 0.1) is 6.92 Å². The lowest BCUT2D eigenvalue weighted by molar-refractivity contribution is 0.145. The first kappa shape index (κ1) is 10.7. The Kier molecular flexibility index (Phi) is 3.45. The Morgan fingerprint density at radius 2 is 2.15 bits per heavy atom. The van der Waals surface area contributed by atoms with E-state index in [-0.39, 0.29) is 16.7 Å². The average molecular weight is 226 g/mol. The summed E-state index contributed by atoms with van der Waals surface area (Å²) in [6.45, 7) is 1.70. The van der Waals surface area contributed by atoms with Gasteiger partial charge in [0.15, 0.2) is 0 Å². The van der Waals surface area contributed by atoms with Gasteiger partial charge < -0.3 is 0 Å². The van der Waals surface area contributed by atoms with E-state index in [1.807, 2.05) is 0 Å². The van der Waals surface area contributed by atoms with Crippen molar-refractivity contribution in [2.75, 3.05) is 0 Å². The first-order valence-corrected chi connectivity index (χ1v) is 4.47. The molecule has 0 N–H and O–H groups in total. The Bertz CT molecular complexity index is 315. The van der Waals surface area contributed by atoms with Crippen LogP contribution >= 0.6 is 23.2 Å². The monoisotopic (exact) mass is 225 g/mol. The molecular formula is C8H7Cl2F2N. The number of aromatic nitrogens is 1. The highest BCUT2D eigenvalue weighted by atomic mass is 35.5. The third kappa shape index (κ3) is 2.29. The zero-order valence-electron chi connectivity index (χ0n) is 6.82. The summed E-state index contributed by atoms with van der Waals surface area (Å²) in [7, 11) is 0. The van der Waals surface area contributed by atoms with Crippen molar-refractivity contribution in [1.29, 1.82) is 0 Å². The van der Waals surface area contributed by atoms with Gasteiger partial charge in [-0.05, 0) is 24.1 Å². The van der Waals surface area contributed by atoms with Crippen LogP contribution in [-0.2, 0) is 5.88 Å². The quantitative estimate of drug-likeness (QED) is 0.553. The summed E-state index contributed by atoms with van der Waals surface area (Å²) in [5, 5.41) is 0.101. The van der Waals surface area contributed by atoms with E-state index in [2.05, 4.69) is 4.98 Å². The van der Waals surface area contributed by atoms with Gasteiger partial charge in [0.05, 0.1) is 0 Å². The molecule has 72 valence electrons. The van der Waals surface area contributed by atoms with E-state index in [0.29, 0.717) is 11.1 Å². The van der Waals surface area contributed by atoms with Crippen molar-refractivity contribution in [3.8, 4) is 0 Å². The minimum Gasteiger partial charge on any atom is -0.235 e. The predicted molar refractivity (Wildman–Crippen MR) is 48.5 cm³/mol. The number of halogens is 4. The minimum absolute atomic E-state index is 0.0185. The zero-order chi connectivity index (χ0) is 10.0. The van der Waals surface area contributed by atoms with Crippen LogP contribution in [-0.4, -0.2) is 4.98 Å². The second-order valence-electron chi connectivity index (χ2n) is 2.57. The molecule has 0 saturated heterocycles. The van der Waals surface area contributed by atoms with Crippen molar-refractivity contribution in [1.82, 2.24) is 4.98 Å². The largest absolute Gasteiger partial charge is 0.280 e. The molecule has 0 radical (unpaired) electrons. The van der Waals surface area contributed by atoms with Gasteiger partial charge in [0.1, 0.15) is 10.8 Å². The molecule has 0 aliphatic rings. The van der Waals surface area contributed by atoms with E-state index in [9.17, 15) is 8.78 Å². The van der Waals surface area contributed by atoms with Crippen molar-refractivity contribution < 1.29 is 8.78 Å². The molecule has 0 aliphatic carbocycles. The number of hydrogen-bond acceptors (Lipinski definition) is 1. The predicted octanol–water partition coefficient (Wildman–Crippen LogP) is 3.72. The third-order valence-corrected chi connectivity index (χ3v) is 2.28. The summed E-state index contributed by atoms with van der Waals surface area (Å²) in [5.41, 5.74) is 0.658. The van der Waals surface area contributed by atoms with Crippen molar-refractivity contribution >= 4 is 23.2 Å². The van der Waals surface area contributed by atoms with Gasteiger partial charge >= 0.3 is 0 Å². The third-order valence-electron chi connectivity index (χ3n) is 1.61. The van der Waals surface area contributed by atoms with E-state index in [1.54, 1.807) is 6.92 Å². The molecular weight excluding hydrogens is 219 g/mol. The van der Waals surface area contributed by atoms with Crippen LogP contribution in [0.1, 0.15) is 23.2 Å². The topological polar surface area (TPSA) is 12.9 Å². The number of rotatable bonds is 2. The van der Waals surface area contributed by atoms with E-state index < -0.39 is 6.43 Å². The molecule has 0 fully saturated rings.